The van der Waals surface area contributed by atoms with E-state index in [1.165, 1.54) is 32.4 Å². The molecule has 0 spiro atoms. The number of halogens is 1. The van der Waals surface area contributed by atoms with Gasteiger partial charge in [0.2, 0.25) is 0 Å². The van der Waals surface area contributed by atoms with E-state index in [2.05, 4.69) is 22.0 Å². The van der Waals surface area contributed by atoms with E-state index in [1.54, 1.807) is 0 Å². The average Bonchev–Trinajstić information content (AvgIpc) is 3.51. The van der Waals surface area contributed by atoms with Crippen LogP contribution in [0.25, 0.3) is 17.2 Å². The van der Waals surface area contributed by atoms with Gasteiger partial charge in [-0.15, -0.1) is 0 Å². The zero-order valence-electron chi connectivity index (χ0n) is 18.9. The fraction of sp³-hybridized carbons (Fsp3) is 0.481. The number of pyridine rings is 1. The van der Waals surface area contributed by atoms with Crippen molar-refractivity contribution in [2.45, 2.75) is 57.1 Å². The van der Waals surface area contributed by atoms with Crippen LogP contribution in [0.15, 0.2) is 30.5 Å². The van der Waals surface area contributed by atoms with Gasteiger partial charge >= 0.3 is 0 Å². The van der Waals surface area contributed by atoms with E-state index in [0.29, 0.717) is 17.5 Å². The Morgan fingerprint density at radius 3 is 2.70 bits per heavy atom. The quantitative estimate of drug-likeness (QED) is 0.658. The lowest BCUT2D eigenvalue weighted by Gasteiger charge is -2.40. The molecular weight excluding hydrogens is 434 g/mol. The lowest BCUT2D eigenvalue weighted by Crippen LogP contribution is -2.50. The van der Waals surface area contributed by atoms with E-state index in [1.807, 2.05) is 29.3 Å². The molecule has 6 rings (SSSR count). The van der Waals surface area contributed by atoms with Crippen LogP contribution in [0.4, 0.5) is 0 Å². The van der Waals surface area contributed by atoms with E-state index in [0.717, 1.165) is 66.0 Å². The third-order valence-electron chi connectivity index (χ3n) is 7.71. The van der Waals surface area contributed by atoms with Gasteiger partial charge in [-0.1, -0.05) is 30.2 Å². The molecule has 4 heterocycles. The lowest BCUT2D eigenvalue weighted by atomic mass is 9.96. The molecule has 3 aliphatic heterocycles. The van der Waals surface area contributed by atoms with Gasteiger partial charge in [0, 0.05) is 59.9 Å². The molecular formula is C27H30ClN3O2. The van der Waals surface area contributed by atoms with Gasteiger partial charge in [0.1, 0.15) is 5.75 Å². The van der Waals surface area contributed by atoms with Gasteiger partial charge in [0.15, 0.2) is 6.10 Å². The monoisotopic (exact) mass is 463 g/mol. The number of hydrogen-bond acceptors (Lipinski definition) is 4. The van der Waals surface area contributed by atoms with Gasteiger partial charge < -0.3 is 14.5 Å². The number of ether oxygens (including phenoxy) is 1. The molecule has 1 atom stereocenters. The summed E-state index contributed by atoms with van der Waals surface area (Å²) < 4.78 is 6.36. The number of rotatable bonds is 3. The Kier molecular flexibility index (Phi) is 5.63. The number of aromatic nitrogens is 1. The summed E-state index contributed by atoms with van der Waals surface area (Å²) in [7, 11) is 0. The van der Waals surface area contributed by atoms with Gasteiger partial charge in [-0.25, -0.2) is 0 Å². The lowest BCUT2D eigenvalue weighted by molar-refractivity contribution is -0.139. The molecule has 2 aromatic rings. The van der Waals surface area contributed by atoms with E-state index >= 15 is 0 Å². The summed E-state index contributed by atoms with van der Waals surface area (Å²) in [6, 6.07) is 6.56. The molecule has 0 N–H and O–H groups in total. The minimum atomic E-state index is -0.464. The zero-order valence-corrected chi connectivity index (χ0v) is 19.7. The number of amides is 1. The van der Waals surface area contributed by atoms with E-state index < -0.39 is 6.10 Å². The van der Waals surface area contributed by atoms with Crippen LogP contribution in [-0.2, 0) is 17.6 Å². The number of carbonyl (C=O) groups excluding carboxylic acids is 1. The largest absolute Gasteiger partial charge is 0.479 e. The minimum Gasteiger partial charge on any atom is -0.479 e. The number of hydrogen-bond donors (Lipinski definition) is 0. The summed E-state index contributed by atoms with van der Waals surface area (Å²) in [4.78, 5) is 22.6. The molecule has 5 nitrogen and oxygen atoms in total. The molecule has 0 radical (unpaired) electrons. The molecule has 6 heteroatoms. The molecule has 1 amide bonds. The summed E-state index contributed by atoms with van der Waals surface area (Å²) in [5.74, 6) is 0.917. The Bertz CT molecular complexity index is 1100. The molecule has 1 aromatic carbocycles. The average molecular weight is 464 g/mol. The van der Waals surface area contributed by atoms with Crippen molar-refractivity contribution in [3.05, 3.63) is 52.3 Å². The number of allylic oxidation sites excluding steroid dienone is 1. The normalized spacial score (nSPS) is 22.8. The molecule has 4 aliphatic rings. The minimum absolute atomic E-state index is 0.116. The van der Waals surface area contributed by atoms with Crippen LogP contribution in [0.2, 0.25) is 5.02 Å². The van der Waals surface area contributed by atoms with Crippen molar-refractivity contribution in [3.8, 4) is 16.9 Å². The summed E-state index contributed by atoms with van der Waals surface area (Å²) in [5.41, 5.74) is 5.25. The smallest absolute Gasteiger partial charge is 0.263 e. The summed E-state index contributed by atoms with van der Waals surface area (Å²) in [6.07, 6.45) is 13.2. The fourth-order valence-corrected chi connectivity index (χ4v) is 6.23. The predicted octanol–water partition coefficient (Wildman–Crippen LogP) is 4.75. The van der Waals surface area contributed by atoms with Crippen LogP contribution in [0.5, 0.6) is 5.75 Å². The van der Waals surface area contributed by atoms with Crippen molar-refractivity contribution in [1.82, 2.24) is 14.8 Å². The maximum Gasteiger partial charge on any atom is 0.263 e. The van der Waals surface area contributed by atoms with Crippen LogP contribution < -0.4 is 4.74 Å². The molecule has 1 unspecified atom stereocenters. The number of benzene rings is 1. The number of carbonyl (C=O) groups is 1. The first-order valence-corrected chi connectivity index (χ1v) is 12.7. The predicted molar refractivity (Wildman–Crippen MR) is 131 cm³/mol. The summed E-state index contributed by atoms with van der Waals surface area (Å²) in [5, 5.41) is 0.676. The van der Waals surface area contributed by atoms with Crippen LogP contribution in [0.3, 0.4) is 0 Å². The second-order valence-corrected chi connectivity index (χ2v) is 10.2. The summed E-state index contributed by atoms with van der Waals surface area (Å²) >= 11 is 6.51. The Morgan fingerprint density at radius 2 is 1.88 bits per heavy atom. The van der Waals surface area contributed by atoms with Crippen LogP contribution >= 0.6 is 11.6 Å². The Morgan fingerprint density at radius 1 is 1.06 bits per heavy atom. The summed E-state index contributed by atoms with van der Waals surface area (Å²) in [6.45, 7) is 4.09. The van der Waals surface area contributed by atoms with E-state index in [-0.39, 0.29) is 5.91 Å². The van der Waals surface area contributed by atoms with E-state index in [4.69, 9.17) is 16.3 Å². The number of piperidine rings is 2. The Hall–Kier alpha value is -2.37. The molecule has 0 bridgehead atoms. The van der Waals surface area contributed by atoms with Crippen molar-refractivity contribution in [1.29, 1.82) is 0 Å². The number of likely N-dealkylation sites (tertiary alicyclic amines) is 2. The van der Waals surface area contributed by atoms with Crippen molar-refractivity contribution >= 4 is 23.6 Å². The van der Waals surface area contributed by atoms with Crippen molar-refractivity contribution < 1.29 is 9.53 Å². The van der Waals surface area contributed by atoms with Crippen LogP contribution in [-0.4, -0.2) is 59.0 Å². The van der Waals surface area contributed by atoms with Gasteiger partial charge in [-0.05, 0) is 62.5 Å². The fourth-order valence-electron chi connectivity index (χ4n) is 5.99. The zero-order chi connectivity index (χ0) is 22.4. The second kappa shape index (κ2) is 8.77. The Balaban J connectivity index is 1.19. The molecule has 1 aliphatic carbocycles. The highest BCUT2D eigenvalue weighted by atomic mass is 35.5. The van der Waals surface area contributed by atoms with E-state index in [9.17, 15) is 4.79 Å². The topological polar surface area (TPSA) is 45.7 Å². The maximum atomic E-state index is 13.4. The first-order valence-electron chi connectivity index (χ1n) is 12.3. The van der Waals surface area contributed by atoms with Gasteiger partial charge in [0.25, 0.3) is 5.91 Å². The molecule has 0 saturated carbocycles. The molecule has 172 valence electrons. The van der Waals surface area contributed by atoms with Crippen LogP contribution in [0, 0.1) is 0 Å². The maximum absolute atomic E-state index is 13.4. The van der Waals surface area contributed by atoms with Gasteiger partial charge in [0.05, 0.1) is 5.69 Å². The SMILES string of the molecule is O=C(C1Cc2cc(Cl)cc(-c3ccnc4c3C=CC4)c2O1)N1CCC(N2CCCCC2)CC1. The third-order valence-corrected chi connectivity index (χ3v) is 7.93. The molecule has 33 heavy (non-hydrogen) atoms. The van der Waals surface area contributed by atoms with Crippen LogP contribution in [0.1, 0.15) is 48.9 Å². The van der Waals surface area contributed by atoms with Gasteiger partial charge in [-0.3, -0.25) is 9.78 Å². The molecule has 1 aromatic heterocycles. The second-order valence-electron chi connectivity index (χ2n) is 9.73. The number of fused-ring (bicyclic) bond motifs is 2. The number of nitrogens with zero attached hydrogens (tertiary/aromatic N) is 3. The van der Waals surface area contributed by atoms with Crippen molar-refractivity contribution in [2.24, 2.45) is 0 Å². The highest BCUT2D eigenvalue weighted by molar-refractivity contribution is 6.31. The highest BCUT2D eigenvalue weighted by Crippen LogP contribution is 2.43. The first-order chi connectivity index (χ1) is 16.2. The third kappa shape index (κ3) is 3.95. The van der Waals surface area contributed by atoms with Crippen molar-refractivity contribution in [3.63, 3.8) is 0 Å². The van der Waals surface area contributed by atoms with Gasteiger partial charge in [-0.2, -0.15) is 0 Å². The standard InChI is InChI=1S/C27H30ClN3O2/c28-19-15-18-16-25(27(32)31-13-8-20(9-14-31)30-11-2-1-3-12-30)33-26(18)23(17-19)21-7-10-29-24-6-4-5-22(21)24/h4-5,7,10,15,17,20,25H,1-3,6,8-9,11-14,16H2. The molecule has 2 fully saturated rings. The highest BCUT2D eigenvalue weighted by Gasteiger charge is 2.37. The first kappa shape index (κ1) is 21.2. The van der Waals surface area contributed by atoms with Crippen molar-refractivity contribution in [2.75, 3.05) is 26.2 Å². The Labute approximate surface area is 200 Å². The molecule has 2 saturated heterocycles.